The normalized spacial score (nSPS) is 15.4. The number of nitrogens with zero attached hydrogens (tertiary/aromatic N) is 1. The van der Waals surface area contributed by atoms with Gasteiger partial charge in [-0.15, -0.1) is 0 Å². The molecule has 1 aromatic rings. The zero-order valence-electron chi connectivity index (χ0n) is 13.7. The van der Waals surface area contributed by atoms with E-state index < -0.39 is 0 Å². The monoisotopic (exact) mass is 299 g/mol. The van der Waals surface area contributed by atoms with Crippen LogP contribution in [0.2, 0.25) is 0 Å². The Morgan fingerprint density at radius 2 is 1.68 bits per heavy atom. The number of hydrogen-bond acceptors (Lipinski definition) is 1. The number of likely N-dealkylation sites (tertiary alicyclic amines) is 1. The molecule has 0 bridgehead atoms. The second-order valence-corrected chi connectivity index (χ2v) is 6.23. The molecule has 1 aliphatic heterocycles. The van der Waals surface area contributed by atoms with Crippen LogP contribution < -0.4 is 0 Å². The van der Waals surface area contributed by atoms with Gasteiger partial charge in [0.15, 0.2) is 0 Å². The minimum absolute atomic E-state index is 0.212. The summed E-state index contributed by atoms with van der Waals surface area (Å²) < 4.78 is 0. The van der Waals surface area contributed by atoms with Crippen molar-refractivity contribution in [3.63, 3.8) is 0 Å². The number of unbranched alkanes of at least 4 members (excludes halogenated alkanes) is 4. The van der Waals surface area contributed by atoms with Gasteiger partial charge in [-0.25, -0.2) is 0 Å². The first kappa shape index (κ1) is 16.8. The van der Waals surface area contributed by atoms with E-state index in [-0.39, 0.29) is 5.91 Å². The molecular weight excluding hydrogens is 270 g/mol. The third-order valence-corrected chi connectivity index (χ3v) is 4.36. The van der Waals surface area contributed by atoms with Gasteiger partial charge in [0, 0.05) is 13.1 Å². The van der Waals surface area contributed by atoms with Gasteiger partial charge >= 0.3 is 0 Å². The van der Waals surface area contributed by atoms with Crippen LogP contribution in [-0.4, -0.2) is 23.9 Å². The van der Waals surface area contributed by atoms with Crippen molar-refractivity contribution in [2.45, 2.75) is 57.8 Å². The Balaban J connectivity index is 1.48. The maximum atomic E-state index is 11.9. The quantitative estimate of drug-likeness (QED) is 0.501. The summed E-state index contributed by atoms with van der Waals surface area (Å²) in [6.07, 6.45) is 14.7. The van der Waals surface area contributed by atoms with E-state index in [0.717, 1.165) is 19.5 Å². The molecule has 1 heterocycles. The van der Waals surface area contributed by atoms with Crippen LogP contribution in [0.5, 0.6) is 0 Å². The Bertz CT molecular complexity index is 446. The van der Waals surface area contributed by atoms with Crippen molar-refractivity contribution < 1.29 is 4.79 Å². The van der Waals surface area contributed by atoms with Crippen LogP contribution >= 0.6 is 0 Å². The molecule has 1 amide bonds. The molecule has 2 rings (SSSR count). The molecule has 1 saturated heterocycles. The van der Waals surface area contributed by atoms with Crippen molar-refractivity contribution in [2.24, 2.45) is 0 Å². The van der Waals surface area contributed by atoms with E-state index in [1.54, 1.807) is 6.08 Å². The van der Waals surface area contributed by atoms with E-state index in [1.807, 2.05) is 4.90 Å². The summed E-state index contributed by atoms with van der Waals surface area (Å²) in [5.74, 6) is 0.212. The second kappa shape index (κ2) is 10.2. The fraction of sp³-hybridized carbons (Fsp3) is 0.550. The number of amides is 1. The molecule has 0 spiro atoms. The first-order valence-corrected chi connectivity index (χ1v) is 8.85. The molecule has 0 saturated carbocycles. The highest BCUT2D eigenvalue weighted by Crippen LogP contribution is 2.11. The molecule has 120 valence electrons. The molecule has 1 aliphatic rings. The second-order valence-electron chi connectivity index (χ2n) is 6.23. The maximum absolute atomic E-state index is 11.9. The van der Waals surface area contributed by atoms with Gasteiger partial charge in [-0.05, 0) is 56.6 Å². The van der Waals surface area contributed by atoms with Gasteiger partial charge < -0.3 is 4.90 Å². The summed E-state index contributed by atoms with van der Waals surface area (Å²) in [6.45, 7) is 1.89. The molecule has 22 heavy (non-hydrogen) atoms. The average Bonchev–Trinajstić information content (AvgIpc) is 2.59. The highest BCUT2D eigenvalue weighted by molar-refractivity contribution is 5.87. The summed E-state index contributed by atoms with van der Waals surface area (Å²) in [5.41, 5.74) is 1.44. The summed E-state index contributed by atoms with van der Waals surface area (Å²) in [6, 6.07) is 10.7. The number of carbonyl (C=O) groups excluding carboxylic acids is 1. The average molecular weight is 299 g/mol. The van der Waals surface area contributed by atoms with E-state index in [2.05, 4.69) is 36.4 Å². The van der Waals surface area contributed by atoms with Crippen molar-refractivity contribution in [1.82, 2.24) is 4.90 Å². The summed E-state index contributed by atoms with van der Waals surface area (Å²) in [7, 11) is 0. The van der Waals surface area contributed by atoms with E-state index in [9.17, 15) is 4.79 Å². The number of aryl methyl sites for hydroxylation is 1. The molecular formula is C20H29NO. The SMILES string of the molecule is O=C(/C=C/CCCCCCc1ccccc1)N1CCCCC1. The van der Waals surface area contributed by atoms with Crippen molar-refractivity contribution in [1.29, 1.82) is 0 Å². The largest absolute Gasteiger partial charge is 0.339 e. The van der Waals surface area contributed by atoms with Gasteiger partial charge in [-0.2, -0.15) is 0 Å². The molecule has 0 aromatic heterocycles. The number of hydrogen-bond donors (Lipinski definition) is 0. The van der Waals surface area contributed by atoms with Crippen molar-refractivity contribution >= 4 is 5.91 Å². The lowest BCUT2D eigenvalue weighted by Gasteiger charge is -2.25. The fourth-order valence-electron chi connectivity index (χ4n) is 2.99. The Morgan fingerprint density at radius 3 is 2.45 bits per heavy atom. The number of allylic oxidation sites excluding steroid dienone is 1. The molecule has 0 N–H and O–H groups in total. The van der Waals surface area contributed by atoms with Gasteiger partial charge in [0.1, 0.15) is 0 Å². The van der Waals surface area contributed by atoms with E-state index in [4.69, 9.17) is 0 Å². The maximum Gasteiger partial charge on any atom is 0.246 e. The highest BCUT2D eigenvalue weighted by Gasteiger charge is 2.13. The van der Waals surface area contributed by atoms with Gasteiger partial charge in [0.25, 0.3) is 0 Å². The van der Waals surface area contributed by atoms with Crippen LogP contribution in [0.4, 0.5) is 0 Å². The molecule has 0 radical (unpaired) electrons. The van der Waals surface area contributed by atoms with E-state index >= 15 is 0 Å². The topological polar surface area (TPSA) is 20.3 Å². The van der Waals surface area contributed by atoms with Crippen LogP contribution in [-0.2, 0) is 11.2 Å². The van der Waals surface area contributed by atoms with Crippen LogP contribution in [0.1, 0.15) is 56.9 Å². The first-order chi connectivity index (χ1) is 10.9. The molecule has 0 atom stereocenters. The lowest BCUT2D eigenvalue weighted by atomic mass is 10.1. The lowest BCUT2D eigenvalue weighted by Crippen LogP contribution is -2.34. The Kier molecular flexibility index (Phi) is 7.79. The Labute approximate surface area is 135 Å². The zero-order chi connectivity index (χ0) is 15.5. The van der Waals surface area contributed by atoms with Crippen molar-refractivity contribution in [3.05, 3.63) is 48.0 Å². The molecule has 0 unspecified atom stereocenters. The smallest absolute Gasteiger partial charge is 0.246 e. The molecule has 0 aliphatic carbocycles. The number of piperidine rings is 1. The number of rotatable bonds is 8. The minimum Gasteiger partial charge on any atom is -0.339 e. The van der Waals surface area contributed by atoms with Crippen LogP contribution in [0, 0.1) is 0 Å². The van der Waals surface area contributed by atoms with Crippen molar-refractivity contribution in [2.75, 3.05) is 13.1 Å². The predicted molar refractivity (Wildman–Crippen MR) is 92.8 cm³/mol. The summed E-state index contributed by atoms with van der Waals surface area (Å²) in [5, 5.41) is 0. The third kappa shape index (κ3) is 6.46. The molecule has 2 nitrogen and oxygen atoms in total. The van der Waals surface area contributed by atoms with Crippen molar-refractivity contribution in [3.8, 4) is 0 Å². The van der Waals surface area contributed by atoms with E-state index in [1.165, 1.54) is 56.9 Å². The van der Waals surface area contributed by atoms with Gasteiger partial charge in [0.2, 0.25) is 5.91 Å². The minimum atomic E-state index is 0.212. The van der Waals surface area contributed by atoms with Crippen LogP contribution in [0.25, 0.3) is 0 Å². The highest BCUT2D eigenvalue weighted by atomic mass is 16.2. The number of benzene rings is 1. The molecule has 1 fully saturated rings. The summed E-state index contributed by atoms with van der Waals surface area (Å²) >= 11 is 0. The van der Waals surface area contributed by atoms with Crippen LogP contribution in [0.3, 0.4) is 0 Å². The van der Waals surface area contributed by atoms with Gasteiger partial charge in [0.05, 0.1) is 0 Å². The Hall–Kier alpha value is -1.57. The number of carbonyl (C=O) groups is 1. The molecule has 2 heteroatoms. The van der Waals surface area contributed by atoms with E-state index in [0.29, 0.717) is 0 Å². The third-order valence-electron chi connectivity index (χ3n) is 4.36. The van der Waals surface area contributed by atoms with Gasteiger partial charge in [-0.1, -0.05) is 49.2 Å². The first-order valence-electron chi connectivity index (χ1n) is 8.85. The lowest BCUT2D eigenvalue weighted by molar-refractivity contribution is -0.126. The Morgan fingerprint density at radius 1 is 0.955 bits per heavy atom. The zero-order valence-corrected chi connectivity index (χ0v) is 13.7. The van der Waals surface area contributed by atoms with Crippen LogP contribution in [0.15, 0.2) is 42.5 Å². The fourth-order valence-corrected chi connectivity index (χ4v) is 2.99. The standard InChI is InChI=1S/C20H29NO/c22-20(21-17-11-6-12-18-21)16-10-4-2-1-3-7-13-19-14-8-5-9-15-19/h5,8-10,14-16H,1-4,6-7,11-13,17-18H2/b16-10+. The summed E-state index contributed by atoms with van der Waals surface area (Å²) in [4.78, 5) is 13.9. The van der Waals surface area contributed by atoms with Gasteiger partial charge in [-0.3, -0.25) is 4.79 Å². The molecule has 1 aromatic carbocycles. The predicted octanol–water partition coefficient (Wildman–Crippen LogP) is 4.75.